The fourth-order valence-corrected chi connectivity index (χ4v) is 3.03. The molecule has 6 nitrogen and oxygen atoms in total. The second-order valence-electron chi connectivity index (χ2n) is 6.27. The molecule has 0 spiro atoms. The highest BCUT2D eigenvalue weighted by atomic mass is 16.4. The number of anilines is 2. The first kappa shape index (κ1) is 16.2. The molecule has 2 N–H and O–H groups in total. The highest BCUT2D eigenvalue weighted by molar-refractivity contribution is 5.85. The quantitative estimate of drug-likeness (QED) is 0.899. The van der Waals surface area contributed by atoms with Gasteiger partial charge in [0.05, 0.1) is 0 Å². The van der Waals surface area contributed by atoms with E-state index in [1.54, 1.807) is 6.92 Å². The van der Waals surface area contributed by atoms with Gasteiger partial charge in [0.15, 0.2) is 5.69 Å². The van der Waals surface area contributed by atoms with Gasteiger partial charge in [-0.3, -0.25) is 0 Å². The van der Waals surface area contributed by atoms with Gasteiger partial charge >= 0.3 is 5.97 Å². The number of nitrogens with zero attached hydrogens (tertiary/aromatic N) is 3. The largest absolute Gasteiger partial charge is 0.477 e. The zero-order valence-corrected chi connectivity index (χ0v) is 14.0. The molecule has 0 amide bonds. The van der Waals surface area contributed by atoms with Crippen molar-refractivity contribution in [1.82, 2.24) is 9.97 Å². The molecule has 0 atom stereocenters. The molecular weight excluding hydrogens is 304 g/mol. The molecule has 1 aromatic heterocycles. The van der Waals surface area contributed by atoms with E-state index in [0.717, 1.165) is 25.9 Å². The number of hydrogen-bond donors (Lipinski definition) is 2. The second-order valence-corrected chi connectivity index (χ2v) is 6.27. The highest BCUT2D eigenvalue weighted by Gasteiger charge is 2.20. The molecule has 24 heavy (non-hydrogen) atoms. The molecule has 0 unspecified atom stereocenters. The average Bonchev–Trinajstić information content (AvgIpc) is 2.55. The number of carboxylic acid groups (broad SMARTS) is 1. The molecule has 0 radical (unpaired) electrons. The lowest BCUT2D eigenvalue weighted by molar-refractivity contribution is 0.0690. The monoisotopic (exact) mass is 326 g/mol. The number of rotatable bonds is 4. The molecule has 1 aliphatic rings. The first-order valence-corrected chi connectivity index (χ1v) is 8.18. The first-order chi connectivity index (χ1) is 11.5. The van der Waals surface area contributed by atoms with Crippen LogP contribution >= 0.6 is 0 Å². The topological polar surface area (TPSA) is 78.4 Å². The Kier molecular flexibility index (Phi) is 4.64. The lowest BCUT2D eigenvalue weighted by Gasteiger charge is -2.34. The third kappa shape index (κ3) is 3.82. The Balaban J connectivity index is 1.62. The van der Waals surface area contributed by atoms with Crippen molar-refractivity contribution in [3.8, 4) is 0 Å². The summed E-state index contributed by atoms with van der Waals surface area (Å²) in [5, 5.41) is 12.4. The van der Waals surface area contributed by atoms with Crippen LogP contribution in [0.4, 0.5) is 11.6 Å². The van der Waals surface area contributed by atoms with E-state index in [9.17, 15) is 4.79 Å². The normalized spacial score (nSPS) is 15.3. The van der Waals surface area contributed by atoms with E-state index in [1.807, 2.05) is 0 Å². The van der Waals surface area contributed by atoms with E-state index in [0.29, 0.717) is 11.6 Å². The maximum atomic E-state index is 11.1. The van der Waals surface area contributed by atoms with Crippen LogP contribution in [0.5, 0.6) is 0 Å². The van der Waals surface area contributed by atoms with Gasteiger partial charge in [-0.05, 0) is 50.5 Å². The minimum absolute atomic E-state index is 0.0298. The Morgan fingerprint density at radius 1 is 1.21 bits per heavy atom. The maximum Gasteiger partial charge on any atom is 0.354 e. The summed E-state index contributed by atoms with van der Waals surface area (Å²) in [5.41, 5.74) is 3.21. The third-order valence-corrected chi connectivity index (χ3v) is 4.27. The van der Waals surface area contributed by atoms with Crippen LogP contribution in [0.25, 0.3) is 0 Å². The molecule has 1 saturated heterocycles. The molecule has 3 rings (SSSR count). The predicted molar refractivity (Wildman–Crippen MR) is 93.8 cm³/mol. The molecule has 1 fully saturated rings. The molecule has 1 aliphatic heterocycles. The van der Waals surface area contributed by atoms with Crippen molar-refractivity contribution in [3.05, 3.63) is 47.3 Å². The van der Waals surface area contributed by atoms with E-state index in [2.05, 4.69) is 51.4 Å². The number of aromatic carboxylic acids is 1. The summed E-state index contributed by atoms with van der Waals surface area (Å²) in [4.78, 5) is 21.9. The number of benzene rings is 1. The van der Waals surface area contributed by atoms with E-state index in [-0.39, 0.29) is 11.7 Å². The second kappa shape index (κ2) is 6.86. The molecule has 6 heteroatoms. The number of piperidine rings is 1. The van der Waals surface area contributed by atoms with Gasteiger partial charge in [0.2, 0.25) is 5.95 Å². The van der Waals surface area contributed by atoms with E-state index < -0.39 is 5.97 Å². The summed E-state index contributed by atoms with van der Waals surface area (Å²) in [6, 6.07) is 10.3. The van der Waals surface area contributed by atoms with Crippen LogP contribution in [0.1, 0.15) is 34.6 Å². The zero-order valence-electron chi connectivity index (χ0n) is 14.0. The van der Waals surface area contributed by atoms with Crippen LogP contribution in [0.3, 0.4) is 0 Å². The summed E-state index contributed by atoms with van der Waals surface area (Å²) < 4.78 is 0. The summed E-state index contributed by atoms with van der Waals surface area (Å²) >= 11 is 0. The Morgan fingerprint density at radius 3 is 2.62 bits per heavy atom. The van der Waals surface area contributed by atoms with Crippen LogP contribution in [0, 0.1) is 13.8 Å². The molecule has 2 heterocycles. The van der Waals surface area contributed by atoms with Crippen molar-refractivity contribution >= 4 is 17.6 Å². The van der Waals surface area contributed by atoms with Crippen LogP contribution < -0.4 is 10.2 Å². The number of carbonyl (C=O) groups is 1. The van der Waals surface area contributed by atoms with Crippen LogP contribution in [0.2, 0.25) is 0 Å². The Bertz CT molecular complexity index is 740. The smallest absolute Gasteiger partial charge is 0.354 e. The predicted octanol–water partition coefficient (Wildman–Crippen LogP) is 2.87. The number of carboxylic acids is 1. The van der Waals surface area contributed by atoms with Crippen molar-refractivity contribution in [2.45, 2.75) is 32.7 Å². The molecule has 0 aliphatic carbocycles. The number of nitrogens with one attached hydrogen (secondary N) is 1. The minimum Gasteiger partial charge on any atom is -0.477 e. The van der Waals surface area contributed by atoms with Gasteiger partial charge in [0, 0.05) is 30.5 Å². The summed E-state index contributed by atoms with van der Waals surface area (Å²) in [6.07, 6.45) is 1.93. The average molecular weight is 326 g/mol. The third-order valence-electron chi connectivity index (χ3n) is 4.27. The lowest BCUT2D eigenvalue weighted by Crippen LogP contribution is -2.39. The summed E-state index contributed by atoms with van der Waals surface area (Å²) in [6.45, 7) is 5.80. The molecule has 1 aromatic carbocycles. The van der Waals surface area contributed by atoms with E-state index in [4.69, 9.17) is 5.11 Å². The Morgan fingerprint density at radius 2 is 1.96 bits per heavy atom. The highest BCUT2D eigenvalue weighted by Crippen LogP contribution is 2.22. The molecular formula is C18H22N4O2. The van der Waals surface area contributed by atoms with Crippen molar-refractivity contribution in [2.75, 3.05) is 23.3 Å². The van der Waals surface area contributed by atoms with Gasteiger partial charge in [0.1, 0.15) is 0 Å². The van der Waals surface area contributed by atoms with Crippen molar-refractivity contribution < 1.29 is 9.90 Å². The maximum absolute atomic E-state index is 11.1. The number of aromatic nitrogens is 2. The minimum atomic E-state index is -1.03. The van der Waals surface area contributed by atoms with Crippen molar-refractivity contribution in [2.24, 2.45) is 0 Å². The standard InChI is InChI=1S/C18H22N4O2/c1-12-4-3-5-15(10-12)22-8-6-14(7-9-22)20-18-19-13(2)11-16(21-18)17(23)24/h3-5,10-11,14H,6-9H2,1-2H3,(H,23,24)(H,19,20,21). The lowest BCUT2D eigenvalue weighted by atomic mass is 10.0. The van der Waals surface area contributed by atoms with Gasteiger partial charge in [0.25, 0.3) is 0 Å². The fourth-order valence-electron chi connectivity index (χ4n) is 3.03. The first-order valence-electron chi connectivity index (χ1n) is 8.18. The van der Waals surface area contributed by atoms with Gasteiger partial charge in [-0.25, -0.2) is 14.8 Å². The molecule has 126 valence electrons. The van der Waals surface area contributed by atoms with Crippen molar-refractivity contribution in [3.63, 3.8) is 0 Å². The molecule has 2 aromatic rings. The van der Waals surface area contributed by atoms with E-state index >= 15 is 0 Å². The van der Waals surface area contributed by atoms with Gasteiger partial charge < -0.3 is 15.3 Å². The fraction of sp³-hybridized carbons (Fsp3) is 0.389. The summed E-state index contributed by atoms with van der Waals surface area (Å²) in [7, 11) is 0. The van der Waals surface area contributed by atoms with Crippen molar-refractivity contribution in [1.29, 1.82) is 0 Å². The van der Waals surface area contributed by atoms with Crippen LogP contribution in [0.15, 0.2) is 30.3 Å². The Labute approximate surface area is 141 Å². The SMILES string of the molecule is Cc1cccc(N2CCC(Nc3nc(C)cc(C(=O)O)n3)CC2)c1. The molecule has 0 saturated carbocycles. The summed E-state index contributed by atoms with van der Waals surface area (Å²) in [5.74, 6) is -0.626. The molecule has 0 bridgehead atoms. The van der Waals surface area contributed by atoms with Gasteiger partial charge in [-0.2, -0.15) is 0 Å². The zero-order chi connectivity index (χ0) is 17.1. The van der Waals surface area contributed by atoms with Crippen LogP contribution in [-0.2, 0) is 0 Å². The van der Waals surface area contributed by atoms with Gasteiger partial charge in [-0.15, -0.1) is 0 Å². The van der Waals surface area contributed by atoms with E-state index in [1.165, 1.54) is 17.3 Å². The Hall–Kier alpha value is -2.63. The number of aryl methyl sites for hydroxylation is 2. The number of hydrogen-bond acceptors (Lipinski definition) is 5. The van der Waals surface area contributed by atoms with Gasteiger partial charge in [-0.1, -0.05) is 12.1 Å². The van der Waals surface area contributed by atoms with Crippen LogP contribution in [-0.4, -0.2) is 40.2 Å².